The number of nitrogens with zero attached hydrogens (tertiary/aromatic N) is 1. The molecule has 11 heavy (non-hydrogen) atoms. The topological polar surface area (TPSA) is 29.3 Å². The molecule has 0 aliphatic carbocycles. The number of rotatable bonds is 4. The molecule has 66 valence electrons. The number of hydrogen-bond donors (Lipinski definition) is 1. The Morgan fingerprint density at radius 3 is 2.09 bits per heavy atom. The van der Waals surface area contributed by atoms with Gasteiger partial charge in [0.15, 0.2) is 0 Å². The van der Waals surface area contributed by atoms with Gasteiger partial charge in [0.1, 0.15) is 0 Å². The summed E-state index contributed by atoms with van der Waals surface area (Å²) in [7, 11) is 0. The zero-order valence-corrected chi connectivity index (χ0v) is 7.77. The highest BCUT2D eigenvalue weighted by Crippen LogP contribution is 2.16. The Hall–Kier alpha value is -0.0800. The van der Waals surface area contributed by atoms with E-state index in [1.807, 2.05) is 0 Å². The standard InChI is InChI=1S/C9H20N2/c1-3-9(10,4-2)8-11-6-5-7-11/h3-8,10H2,1-2H3. The van der Waals surface area contributed by atoms with Gasteiger partial charge in [-0.15, -0.1) is 0 Å². The molecular weight excluding hydrogens is 136 g/mol. The summed E-state index contributed by atoms with van der Waals surface area (Å²) in [6.07, 6.45) is 3.56. The van der Waals surface area contributed by atoms with Gasteiger partial charge in [-0.1, -0.05) is 13.8 Å². The lowest BCUT2D eigenvalue weighted by Gasteiger charge is -2.38. The monoisotopic (exact) mass is 156 g/mol. The van der Waals surface area contributed by atoms with Crippen LogP contribution >= 0.6 is 0 Å². The summed E-state index contributed by atoms with van der Waals surface area (Å²) in [6.45, 7) is 7.99. The van der Waals surface area contributed by atoms with Crippen molar-refractivity contribution in [2.45, 2.75) is 38.6 Å². The van der Waals surface area contributed by atoms with Gasteiger partial charge in [-0.3, -0.25) is 0 Å². The minimum atomic E-state index is 0.0838. The smallest absolute Gasteiger partial charge is 0.0278 e. The molecule has 0 amide bonds. The Morgan fingerprint density at radius 2 is 1.82 bits per heavy atom. The molecule has 0 aromatic carbocycles. The summed E-state index contributed by atoms with van der Waals surface area (Å²) >= 11 is 0. The minimum absolute atomic E-state index is 0.0838. The number of hydrogen-bond acceptors (Lipinski definition) is 2. The quantitative estimate of drug-likeness (QED) is 0.663. The largest absolute Gasteiger partial charge is 0.324 e. The van der Waals surface area contributed by atoms with E-state index in [1.165, 1.54) is 19.5 Å². The van der Waals surface area contributed by atoms with E-state index in [0.717, 1.165) is 19.4 Å². The number of likely N-dealkylation sites (tertiary alicyclic amines) is 1. The Bertz CT molecular complexity index is 115. The molecule has 0 atom stereocenters. The molecule has 0 unspecified atom stereocenters. The lowest BCUT2D eigenvalue weighted by molar-refractivity contribution is 0.133. The van der Waals surface area contributed by atoms with Crippen molar-refractivity contribution in [1.82, 2.24) is 4.90 Å². The van der Waals surface area contributed by atoms with Gasteiger partial charge < -0.3 is 10.6 Å². The third kappa shape index (κ3) is 2.17. The average Bonchev–Trinajstić information content (AvgIpc) is 1.97. The molecule has 0 saturated carbocycles. The Morgan fingerprint density at radius 1 is 1.27 bits per heavy atom. The second-order valence-electron chi connectivity index (χ2n) is 3.70. The predicted octanol–water partition coefficient (Wildman–Crippen LogP) is 1.21. The first-order valence-electron chi connectivity index (χ1n) is 4.71. The average molecular weight is 156 g/mol. The Labute approximate surface area is 69.8 Å². The van der Waals surface area contributed by atoms with Crippen LogP contribution < -0.4 is 5.73 Å². The van der Waals surface area contributed by atoms with Crippen molar-refractivity contribution in [1.29, 1.82) is 0 Å². The molecule has 1 fully saturated rings. The molecule has 1 heterocycles. The third-order valence-corrected chi connectivity index (χ3v) is 2.90. The maximum atomic E-state index is 6.17. The van der Waals surface area contributed by atoms with Crippen LogP contribution in [-0.4, -0.2) is 30.1 Å². The zero-order chi connectivity index (χ0) is 8.32. The van der Waals surface area contributed by atoms with E-state index in [0.29, 0.717) is 0 Å². The van der Waals surface area contributed by atoms with Crippen LogP contribution in [0, 0.1) is 0 Å². The van der Waals surface area contributed by atoms with Crippen molar-refractivity contribution >= 4 is 0 Å². The van der Waals surface area contributed by atoms with Crippen LogP contribution in [0.3, 0.4) is 0 Å². The lowest BCUT2D eigenvalue weighted by Crippen LogP contribution is -2.53. The molecule has 2 heteroatoms. The molecule has 2 nitrogen and oxygen atoms in total. The van der Waals surface area contributed by atoms with Crippen LogP contribution in [0.2, 0.25) is 0 Å². The van der Waals surface area contributed by atoms with E-state index in [9.17, 15) is 0 Å². The molecule has 1 aliphatic rings. The molecule has 1 aliphatic heterocycles. The van der Waals surface area contributed by atoms with Gasteiger partial charge in [0, 0.05) is 12.1 Å². The Balaban J connectivity index is 2.29. The fraction of sp³-hybridized carbons (Fsp3) is 1.00. The summed E-state index contributed by atoms with van der Waals surface area (Å²) in [5.74, 6) is 0. The molecule has 2 N–H and O–H groups in total. The first-order chi connectivity index (χ1) is 5.20. The highest BCUT2D eigenvalue weighted by atomic mass is 15.2. The number of nitrogens with two attached hydrogens (primary N) is 1. The van der Waals surface area contributed by atoms with Crippen molar-refractivity contribution < 1.29 is 0 Å². The van der Waals surface area contributed by atoms with Crippen molar-refractivity contribution in [3.8, 4) is 0 Å². The van der Waals surface area contributed by atoms with E-state index in [-0.39, 0.29) is 5.54 Å². The van der Waals surface area contributed by atoms with Crippen molar-refractivity contribution in [2.24, 2.45) is 5.73 Å². The summed E-state index contributed by atoms with van der Waals surface area (Å²) in [6, 6.07) is 0. The predicted molar refractivity (Wildman–Crippen MR) is 48.6 cm³/mol. The molecular formula is C9H20N2. The van der Waals surface area contributed by atoms with Crippen molar-refractivity contribution in [3.63, 3.8) is 0 Å². The van der Waals surface area contributed by atoms with Gasteiger partial charge in [-0.05, 0) is 32.4 Å². The summed E-state index contributed by atoms with van der Waals surface area (Å²) < 4.78 is 0. The van der Waals surface area contributed by atoms with E-state index < -0.39 is 0 Å². The third-order valence-electron chi connectivity index (χ3n) is 2.90. The van der Waals surface area contributed by atoms with Crippen LogP contribution in [-0.2, 0) is 0 Å². The van der Waals surface area contributed by atoms with E-state index in [2.05, 4.69) is 18.7 Å². The summed E-state index contributed by atoms with van der Waals surface area (Å²) in [5.41, 5.74) is 6.25. The van der Waals surface area contributed by atoms with Crippen LogP contribution in [0.4, 0.5) is 0 Å². The highest BCUT2D eigenvalue weighted by molar-refractivity contribution is 4.87. The van der Waals surface area contributed by atoms with Gasteiger partial charge in [0.25, 0.3) is 0 Å². The zero-order valence-electron chi connectivity index (χ0n) is 7.77. The fourth-order valence-corrected chi connectivity index (χ4v) is 1.46. The van der Waals surface area contributed by atoms with Crippen LogP contribution in [0.5, 0.6) is 0 Å². The van der Waals surface area contributed by atoms with Crippen molar-refractivity contribution in [2.75, 3.05) is 19.6 Å². The molecule has 0 aromatic rings. The summed E-state index contributed by atoms with van der Waals surface area (Å²) in [5, 5.41) is 0. The maximum Gasteiger partial charge on any atom is 0.0278 e. The van der Waals surface area contributed by atoms with Crippen LogP contribution in [0.15, 0.2) is 0 Å². The van der Waals surface area contributed by atoms with Gasteiger partial charge in [0.2, 0.25) is 0 Å². The molecule has 1 rings (SSSR count). The fourth-order valence-electron chi connectivity index (χ4n) is 1.46. The minimum Gasteiger partial charge on any atom is -0.324 e. The lowest BCUT2D eigenvalue weighted by atomic mass is 9.92. The molecule has 0 spiro atoms. The normalized spacial score (nSPS) is 19.9. The van der Waals surface area contributed by atoms with Gasteiger partial charge in [-0.2, -0.15) is 0 Å². The van der Waals surface area contributed by atoms with E-state index in [4.69, 9.17) is 5.73 Å². The Kier molecular flexibility index (Phi) is 2.90. The first kappa shape index (κ1) is 9.01. The van der Waals surface area contributed by atoms with Gasteiger partial charge >= 0.3 is 0 Å². The second-order valence-corrected chi connectivity index (χ2v) is 3.70. The van der Waals surface area contributed by atoms with Gasteiger partial charge in [-0.25, -0.2) is 0 Å². The van der Waals surface area contributed by atoms with E-state index >= 15 is 0 Å². The highest BCUT2D eigenvalue weighted by Gasteiger charge is 2.26. The van der Waals surface area contributed by atoms with Gasteiger partial charge in [0.05, 0.1) is 0 Å². The molecule has 0 aromatic heterocycles. The van der Waals surface area contributed by atoms with Crippen LogP contribution in [0.1, 0.15) is 33.1 Å². The molecule has 0 bridgehead atoms. The molecule has 1 saturated heterocycles. The van der Waals surface area contributed by atoms with E-state index in [1.54, 1.807) is 0 Å². The molecule has 0 radical (unpaired) electrons. The SMILES string of the molecule is CCC(N)(CC)CN1CCC1. The summed E-state index contributed by atoms with van der Waals surface area (Å²) in [4.78, 5) is 2.45. The first-order valence-corrected chi connectivity index (χ1v) is 4.71. The van der Waals surface area contributed by atoms with Crippen LogP contribution in [0.25, 0.3) is 0 Å². The van der Waals surface area contributed by atoms with Crippen molar-refractivity contribution in [3.05, 3.63) is 0 Å². The second kappa shape index (κ2) is 3.55. The maximum absolute atomic E-state index is 6.17.